The Morgan fingerprint density at radius 3 is 2.61 bits per heavy atom. The van der Waals surface area contributed by atoms with Gasteiger partial charge in [0, 0.05) is 40.6 Å². The van der Waals surface area contributed by atoms with E-state index in [9.17, 15) is 21.6 Å². The van der Waals surface area contributed by atoms with Crippen LogP contribution in [-0.2, 0) is 16.2 Å². The van der Waals surface area contributed by atoms with Gasteiger partial charge >= 0.3 is 6.18 Å². The highest BCUT2D eigenvalue weighted by atomic mass is 32.2. The Morgan fingerprint density at radius 2 is 1.95 bits per heavy atom. The van der Waals surface area contributed by atoms with Gasteiger partial charge < -0.3 is 9.47 Å². The molecule has 0 saturated heterocycles. The van der Waals surface area contributed by atoms with Crippen molar-refractivity contribution in [2.24, 2.45) is 0 Å². The number of anilines is 1. The zero-order valence-corrected chi connectivity index (χ0v) is 22.8. The molecular weight excluding hydrogens is 559 g/mol. The predicted molar refractivity (Wildman–Crippen MR) is 139 cm³/mol. The molecule has 13 heteroatoms. The van der Waals surface area contributed by atoms with Crippen LogP contribution in [0.1, 0.15) is 42.5 Å². The van der Waals surface area contributed by atoms with Crippen molar-refractivity contribution in [2.45, 2.75) is 50.0 Å². The van der Waals surface area contributed by atoms with Crippen molar-refractivity contribution in [3.63, 3.8) is 0 Å². The van der Waals surface area contributed by atoms with Gasteiger partial charge in [0.05, 0.1) is 21.2 Å². The molecule has 0 unspecified atom stereocenters. The fourth-order valence-electron chi connectivity index (χ4n) is 4.13. The molecule has 7 nitrogen and oxygen atoms in total. The second-order valence-corrected chi connectivity index (χ2v) is 12.9. The number of nitrogens with one attached hydrogen (secondary N) is 1. The van der Waals surface area contributed by atoms with E-state index in [4.69, 9.17) is 9.47 Å². The van der Waals surface area contributed by atoms with E-state index in [1.54, 1.807) is 23.8 Å². The molecule has 0 fully saturated rings. The van der Waals surface area contributed by atoms with Crippen molar-refractivity contribution in [2.75, 3.05) is 4.72 Å². The third-order valence-electron chi connectivity index (χ3n) is 5.83. The number of nitrogens with zero attached hydrogens (tertiary/aromatic N) is 2. The lowest BCUT2D eigenvalue weighted by molar-refractivity contribution is -0.137. The molecule has 5 rings (SSSR count). The smallest absolute Gasteiger partial charge is 0.416 e. The summed E-state index contributed by atoms with van der Waals surface area (Å²) in [6.45, 7) is 5.44. The van der Waals surface area contributed by atoms with Crippen LogP contribution in [0.2, 0.25) is 0 Å². The average molecular weight is 582 g/mol. The van der Waals surface area contributed by atoms with Crippen molar-refractivity contribution in [1.82, 2.24) is 9.97 Å². The lowest BCUT2D eigenvalue weighted by atomic mass is 9.91. The van der Waals surface area contributed by atoms with Crippen LogP contribution in [0, 0.1) is 6.92 Å². The van der Waals surface area contributed by atoms with Gasteiger partial charge in [-0.3, -0.25) is 4.72 Å². The van der Waals surface area contributed by atoms with E-state index in [2.05, 4.69) is 14.7 Å². The van der Waals surface area contributed by atoms with Crippen LogP contribution >= 0.6 is 22.7 Å². The van der Waals surface area contributed by atoms with Crippen molar-refractivity contribution in [1.29, 1.82) is 0 Å². The molecule has 0 amide bonds. The molecule has 2 aromatic heterocycles. The molecule has 200 valence electrons. The number of aryl methyl sites for hydroxylation is 1. The van der Waals surface area contributed by atoms with Gasteiger partial charge in [0.15, 0.2) is 5.13 Å². The van der Waals surface area contributed by atoms with Crippen LogP contribution < -0.4 is 14.2 Å². The summed E-state index contributed by atoms with van der Waals surface area (Å²) in [7, 11) is -3.93. The highest BCUT2D eigenvalue weighted by Crippen LogP contribution is 2.45. The van der Waals surface area contributed by atoms with Gasteiger partial charge in [-0.05, 0) is 45.0 Å². The molecular formula is C25H22F3N3O4S3. The Kier molecular flexibility index (Phi) is 6.64. The zero-order chi connectivity index (χ0) is 27.3. The summed E-state index contributed by atoms with van der Waals surface area (Å²) in [5.74, 6) is 0.547. The van der Waals surface area contributed by atoms with E-state index >= 15 is 0 Å². The predicted octanol–water partition coefficient (Wildman–Crippen LogP) is 7.08. The Labute approximate surface area is 225 Å². The zero-order valence-electron chi connectivity index (χ0n) is 20.4. The first-order valence-electron chi connectivity index (χ1n) is 11.4. The Morgan fingerprint density at radius 1 is 1.16 bits per heavy atom. The number of aromatic nitrogens is 2. The molecule has 38 heavy (non-hydrogen) atoms. The maximum Gasteiger partial charge on any atom is 0.416 e. The van der Waals surface area contributed by atoms with Gasteiger partial charge in [-0.2, -0.15) is 13.2 Å². The Hall–Kier alpha value is -3.16. The van der Waals surface area contributed by atoms with Crippen LogP contribution in [0.3, 0.4) is 0 Å². The first-order chi connectivity index (χ1) is 17.8. The standard InChI is InChI=1S/C25H22F3N3O4S3/c1-14-30-19(13-37-14)18-10-15(25(26,27)28)4-7-20(18)34-22-12-24(2,3)35-21-11-16(5-6-17(21)22)38(32,33)31-23-29-8-9-36-23/h4-11,13,22H,12H2,1-3H3,(H,29,31)/t22-/m1/s1. The second kappa shape index (κ2) is 9.54. The number of rotatable bonds is 6. The maximum absolute atomic E-state index is 13.5. The highest BCUT2D eigenvalue weighted by Gasteiger charge is 2.37. The molecule has 0 saturated carbocycles. The first kappa shape index (κ1) is 26.4. The van der Waals surface area contributed by atoms with E-state index in [-0.39, 0.29) is 21.3 Å². The second-order valence-electron chi connectivity index (χ2n) is 9.28. The Bertz CT molecular complexity index is 1580. The van der Waals surface area contributed by atoms with E-state index in [0.29, 0.717) is 28.4 Å². The van der Waals surface area contributed by atoms with Crippen LogP contribution in [0.25, 0.3) is 11.3 Å². The SMILES string of the molecule is Cc1nc(-c2cc(C(F)(F)F)ccc2O[C@@H]2CC(C)(C)Oc3cc(S(=O)(=O)Nc4nccs4)ccc32)cs1. The summed E-state index contributed by atoms with van der Waals surface area (Å²) in [5.41, 5.74) is -0.359. The fourth-order valence-corrected chi connectivity index (χ4v) is 6.55. The van der Waals surface area contributed by atoms with E-state index in [0.717, 1.165) is 23.5 Å². The van der Waals surface area contributed by atoms with Gasteiger partial charge in [0.1, 0.15) is 23.2 Å². The third-order valence-corrected chi connectivity index (χ3v) is 8.76. The summed E-state index contributed by atoms with van der Waals surface area (Å²) in [6.07, 6.45) is -3.28. The summed E-state index contributed by atoms with van der Waals surface area (Å²) >= 11 is 2.48. The molecule has 0 radical (unpaired) electrons. The lowest BCUT2D eigenvalue weighted by Gasteiger charge is -2.38. The van der Waals surface area contributed by atoms with E-state index < -0.39 is 33.5 Å². The first-order valence-corrected chi connectivity index (χ1v) is 14.6. The van der Waals surface area contributed by atoms with Crippen LogP contribution in [0.4, 0.5) is 18.3 Å². The quantitative estimate of drug-likeness (QED) is 0.262. The lowest BCUT2D eigenvalue weighted by Crippen LogP contribution is -2.36. The molecule has 0 spiro atoms. The molecule has 0 bridgehead atoms. The summed E-state index contributed by atoms with van der Waals surface area (Å²) < 4.78 is 81.2. The van der Waals surface area contributed by atoms with Gasteiger partial charge in [-0.25, -0.2) is 18.4 Å². The topological polar surface area (TPSA) is 90.4 Å². The molecule has 1 aliphatic heterocycles. The molecule has 1 atom stereocenters. The molecule has 2 aromatic carbocycles. The third kappa shape index (κ3) is 5.49. The maximum atomic E-state index is 13.5. The summed E-state index contributed by atoms with van der Waals surface area (Å²) in [6, 6.07) is 7.76. The average Bonchev–Trinajstić information content (AvgIpc) is 3.48. The highest BCUT2D eigenvalue weighted by molar-refractivity contribution is 7.93. The fraction of sp³-hybridized carbons (Fsp3) is 0.280. The number of ether oxygens (including phenoxy) is 2. The minimum absolute atomic E-state index is 0.0175. The molecule has 1 aliphatic rings. The Balaban J connectivity index is 1.52. The van der Waals surface area contributed by atoms with Crippen LogP contribution in [0.5, 0.6) is 11.5 Å². The van der Waals surface area contributed by atoms with Crippen LogP contribution in [-0.4, -0.2) is 24.0 Å². The van der Waals surface area contributed by atoms with Gasteiger partial charge in [-0.1, -0.05) is 6.07 Å². The number of halogens is 3. The summed E-state index contributed by atoms with van der Waals surface area (Å²) in [4.78, 5) is 8.31. The molecule has 1 N–H and O–H groups in total. The largest absolute Gasteiger partial charge is 0.487 e. The number of alkyl halides is 3. The van der Waals surface area contributed by atoms with Crippen molar-refractivity contribution < 1.29 is 31.1 Å². The van der Waals surface area contributed by atoms with Crippen molar-refractivity contribution in [3.8, 4) is 22.8 Å². The summed E-state index contributed by atoms with van der Waals surface area (Å²) in [5, 5.41) is 4.28. The van der Waals surface area contributed by atoms with Crippen molar-refractivity contribution in [3.05, 3.63) is 69.5 Å². The molecule has 3 heterocycles. The van der Waals surface area contributed by atoms with Gasteiger partial charge in [0.25, 0.3) is 10.0 Å². The molecule has 4 aromatic rings. The number of hydrogen-bond acceptors (Lipinski definition) is 8. The molecule has 0 aliphatic carbocycles. The normalized spacial score (nSPS) is 16.9. The monoisotopic (exact) mass is 581 g/mol. The number of benzene rings is 2. The van der Waals surface area contributed by atoms with Crippen molar-refractivity contribution >= 4 is 37.8 Å². The van der Waals surface area contributed by atoms with E-state index in [1.807, 2.05) is 13.8 Å². The van der Waals surface area contributed by atoms with Gasteiger partial charge in [-0.15, -0.1) is 22.7 Å². The van der Waals surface area contributed by atoms with E-state index in [1.165, 1.54) is 35.7 Å². The minimum Gasteiger partial charge on any atom is -0.487 e. The van der Waals surface area contributed by atoms with Crippen LogP contribution in [0.15, 0.2) is 58.3 Å². The number of fused-ring (bicyclic) bond motifs is 1. The number of sulfonamides is 1. The van der Waals surface area contributed by atoms with Gasteiger partial charge in [0.2, 0.25) is 0 Å². The number of thiazole rings is 2. The number of hydrogen-bond donors (Lipinski definition) is 1. The minimum atomic E-state index is -4.53.